The molecule has 15 heavy (non-hydrogen) atoms. The highest BCUT2D eigenvalue weighted by atomic mass is 16.4. The van der Waals surface area contributed by atoms with E-state index in [0.29, 0.717) is 6.04 Å². The summed E-state index contributed by atoms with van der Waals surface area (Å²) in [5.74, 6) is -0.696. The number of likely N-dealkylation sites (N-methyl/N-ethyl adjacent to an activating group) is 1. The molecule has 1 saturated heterocycles. The van der Waals surface area contributed by atoms with Gasteiger partial charge >= 0.3 is 5.97 Å². The van der Waals surface area contributed by atoms with Gasteiger partial charge in [0.1, 0.15) is 0 Å². The van der Waals surface area contributed by atoms with Crippen LogP contribution >= 0.6 is 0 Å². The van der Waals surface area contributed by atoms with Gasteiger partial charge in [0, 0.05) is 18.6 Å². The van der Waals surface area contributed by atoms with Crippen molar-refractivity contribution in [1.29, 1.82) is 0 Å². The fraction of sp³-hybridized carbons (Fsp3) is 0.909. The number of carboxylic acid groups (broad SMARTS) is 1. The first-order chi connectivity index (χ1) is 7.00. The summed E-state index contributed by atoms with van der Waals surface area (Å²) >= 11 is 0. The third kappa shape index (κ3) is 3.80. The first-order valence-electron chi connectivity index (χ1n) is 5.63. The average Bonchev–Trinajstić information content (AvgIpc) is 2.49. The summed E-state index contributed by atoms with van der Waals surface area (Å²) in [4.78, 5) is 15.2. The molecule has 0 aromatic rings. The maximum atomic E-state index is 10.7. The molecular formula is C11H22N2O2. The summed E-state index contributed by atoms with van der Waals surface area (Å²) in [5, 5.41) is 8.78. The van der Waals surface area contributed by atoms with E-state index in [2.05, 4.69) is 23.9 Å². The van der Waals surface area contributed by atoms with Gasteiger partial charge in [-0.1, -0.05) is 0 Å². The SMILES string of the molecule is CC(CC(=O)O)N1CCCC1CN(C)C. The van der Waals surface area contributed by atoms with E-state index in [-0.39, 0.29) is 12.5 Å². The Balaban J connectivity index is 2.48. The summed E-state index contributed by atoms with van der Waals surface area (Å²) < 4.78 is 0. The number of rotatable bonds is 5. The lowest BCUT2D eigenvalue weighted by Crippen LogP contribution is -2.43. The highest BCUT2D eigenvalue weighted by Crippen LogP contribution is 2.21. The molecule has 1 N–H and O–H groups in total. The van der Waals surface area contributed by atoms with Gasteiger partial charge in [-0.05, 0) is 40.4 Å². The van der Waals surface area contributed by atoms with Gasteiger partial charge in [-0.15, -0.1) is 0 Å². The number of likely N-dealkylation sites (tertiary alicyclic amines) is 1. The second-order valence-corrected chi connectivity index (χ2v) is 4.74. The van der Waals surface area contributed by atoms with E-state index >= 15 is 0 Å². The maximum absolute atomic E-state index is 10.7. The predicted octanol–water partition coefficient (Wildman–Crippen LogP) is 0.876. The first kappa shape index (κ1) is 12.5. The molecule has 0 aliphatic carbocycles. The second kappa shape index (κ2) is 5.47. The Morgan fingerprint density at radius 3 is 2.80 bits per heavy atom. The maximum Gasteiger partial charge on any atom is 0.304 e. The fourth-order valence-electron chi connectivity index (χ4n) is 2.43. The van der Waals surface area contributed by atoms with Crippen molar-refractivity contribution in [3.8, 4) is 0 Å². The molecule has 0 aromatic carbocycles. The molecule has 4 nitrogen and oxygen atoms in total. The monoisotopic (exact) mass is 214 g/mol. The third-order valence-electron chi connectivity index (χ3n) is 3.03. The van der Waals surface area contributed by atoms with Crippen LogP contribution in [-0.4, -0.2) is 60.1 Å². The van der Waals surface area contributed by atoms with Gasteiger partial charge in [0.15, 0.2) is 0 Å². The van der Waals surface area contributed by atoms with Gasteiger partial charge in [0.05, 0.1) is 6.42 Å². The van der Waals surface area contributed by atoms with Crippen molar-refractivity contribution in [1.82, 2.24) is 9.80 Å². The zero-order valence-electron chi connectivity index (χ0n) is 9.94. The minimum atomic E-state index is -0.696. The molecular weight excluding hydrogens is 192 g/mol. The number of carboxylic acids is 1. The third-order valence-corrected chi connectivity index (χ3v) is 3.03. The normalized spacial score (nSPS) is 24.7. The second-order valence-electron chi connectivity index (χ2n) is 4.74. The summed E-state index contributed by atoms with van der Waals surface area (Å²) in [6, 6.07) is 0.698. The molecule has 2 unspecified atom stereocenters. The fourth-order valence-corrected chi connectivity index (χ4v) is 2.43. The molecule has 0 aromatic heterocycles. The first-order valence-corrected chi connectivity index (χ1v) is 5.63. The van der Waals surface area contributed by atoms with Crippen LogP contribution in [0, 0.1) is 0 Å². The quantitative estimate of drug-likeness (QED) is 0.737. The van der Waals surface area contributed by atoms with Crippen LogP contribution in [0.25, 0.3) is 0 Å². The number of carbonyl (C=O) groups is 1. The molecule has 1 aliphatic heterocycles. The predicted molar refractivity (Wildman–Crippen MR) is 60.0 cm³/mol. The van der Waals surface area contributed by atoms with Crippen molar-refractivity contribution in [2.24, 2.45) is 0 Å². The zero-order valence-corrected chi connectivity index (χ0v) is 9.94. The summed E-state index contributed by atoms with van der Waals surface area (Å²) in [6.07, 6.45) is 2.65. The van der Waals surface area contributed by atoms with Crippen LogP contribution in [-0.2, 0) is 4.79 Å². The van der Waals surface area contributed by atoms with E-state index in [9.17, 15) is 4.79 Å². The highest BCUT2D eigenvalue weighted by Gasteiger charge is 2.29. The van der Waals surface area contributed by atoms with E-state index in [1.54, 1.807) is 0 Å². The van der Waals surface area contributed by atoms with Gasteiger partial charge in [0.2, 0.25) is 0 Å². The van der Waals surface area contributed by atoms with Crippen LogP contribution in [0.2, 0.25) is 0 Å². The standard InChI is InChI=1S/C11H22N2O2/c1-9(7-11(14)15)13-6-4-5-10(13)8-12(2)3/h9-10H,4-8H2,1-3H3,(H,14,15). The summed E-state index contributed by atoms with van der Waals surface area (Å²) in [6.45, 7) is 4.10. The van der Waals surface area contributed by atoms with Crippen LogP contribution in [0.15, 0.2) is 0 Å². The summed E-state index contributed by atoms with van der Waals surface area (Å²) in [7, 11) is 4.14. The van der Waals surface area contributed by atoms with Crippen molar-refractivity contribution < 1.29 is 9.90 Å². The van der Waals surface area contributed by atoms with Crippen LogP contribution in [0.3, 0.4) is 0 Å². The largest absolute Gasteiger partial charge is 0.481 e. The van der Waals surface area contributed by atoms with E-state index in [4.69, 9.17) is 5.11 Å². The molecule has 88 valence electrons. The van der Waals surface area contributed by atoms with Crippen LogP contribution in [0.5, 0.6) is 0 Å². The topological polar surface area (TPSA) is 43.8 Å². The average molecular weight is 214 g/mol. The minimum absolute atomic E-state index is 0.162. The van der Waals surface area contributed by atoms with Gasteiger partial charge < -0.3 is 10.0 Å². The van der Waals surface area contributed by atoms with Crippen molar-refractivity contribution in [3.05, 3.63) is 0 Å². The van der Waals surface area contributed by atoms with Crippen molar-refractivity contribution in [2.45, 2.75) is 38.3 Å². The van der Waals surface area contributed by atoms with Crippen molar-refractivity contribution >= 4 is 5.97 Å². The van der Waals surface area contributed by atoms with Crippen molar-refractivity contribution in [2.75, 3.05) is 27.2 Å². The van der Waals surface area contributed by atoms with E-state index < -0.39 is 5.97 Å². The Morgan fingerprint density at radius 1 is 1.60 bits per heavy atom. The minimum Gasteiger partial charge on any atom is -0.481 e. The lowest BCUT2D eigenvalue weighted by Gasteiger charge is -2.31. The Hall–Kier alpha value is -0.610. The van der Waals surface area contributed by atoms with E-state index in [1.165, 1.54) is 12.8 Å². The smallest absolute Gasteiger partial charge is 0.304 e. The lowest BCUT2D eigenvalue weighted by molar-refractivity contribution is -0.138. The van der Waals surface area contributed by atoms with Crippen LogP contribution in [0.4, 0.5) is 0 Å². The number of hydrogen-bond acceptors (Lipinski definition) is 3. The molecule has 0 bridgehead atoms. The van der Waals surface area contributed by atoms with E-state index in [0.717, 1.165) is 13.1 Å². The molecule has 1 fully saturated rings. The molecule has 1 heterocycles. The molecule has 0 amide bonds. The number of hydrogen-bond donors (Lipinski definition) is 1. The number of aliphatic carboxylic acids is 1. The molecule has 4 heteroatoms. The van der Waals surface area contributed by atoms with Gasteiger partial charge in [0.25, 0.3) is 0 Å². The van der Waals surface area contributed by atoms with Crippen LogP contribution in [0.1, 0.15) is 26.2 Å². The zero-order chi connectivity index (χ0) is 11.4. The molecule has 2 atom stereocenters. The molecule has 1 aliphatic rings. The van der Waals surface area contributed by atoms with Gasteiger partial charge in [-0.2, -0.15) is 0 Å². The van der Waals surface area contributed by atoms with Gasteiger partial charge in [-0.3, -0.25) is 9.69 Å². The van der Waals surface area contributed by atoms with Gasteiger partial charge in [-0.25, -0.2) is 0 Å². The summed E-state index contributed by atoms with van der Waals surface area (Å²) in [5.41, 5.74) is 0. The highest BCUT2D eigenvalue weighted by molar-refractivity contribution is 5.67. The molecule has 0 spiro atoms. The number of nitrogens with zero attached hydrogens (tertiary/aromatic N) is 2. The molecule has 0 radical (unpaired) electrons. The Labute approximate surface area is 91.9 Å². The van der Waals surface area contributed by atoms with Crippen molar-refractivity contribution in [3.63, 3.8) is 0 Å². The Bertz CT molecular complexity index is 219. The Kier molecular flexibility index (Phi) is 4.54. The lowest BCUT2D eigenvalue weighted by atomic mass is 10.1. The van der Waals surface area contributed by atoms with Crippen LogP contribution < -0.4 is 0 Å². The Morgan fingerprint density at radius 2 is 2.27 bits per heavy atom. The van der Waals surface area contributed by atoms with E-state index in [1.807, 2.05) is 6.92 Å². The molecule has 0 saturated carbocycles. The molecule has 1 rings (SSSR count).